The molecule has 0 saturated carbocycles. The van der Waals surface area contributed by atoms with Gasteiger partial charge in [-0.1, -0.05) is 54.1 Å². The maximum absolute atomic E-state index is 12.8. The van der Waals surface area contributed by atoms with Crippen molar-refractivity contribution in [3.05, 3.63) is 76.5 Å². The number of nitrogens with one attached hydrogen (secondary N) is 1. The molecular formula is C23H21ClN2O5S. The van der Waals surface area contributed by atoms with E-state index in [9.17, 15) is 14.4 Å². The number of amides is 2. The summed E-state index contributed by atoms with van der Waals surface area (Å²) >= 11 is 7.68. The Morgan fingerprint density at radius 3 is 2.53 bits per heavy atom. The Bertz CT molecular complexity index is 1060. The van der Waals surface area contributed by atoms with E-state index < -0.39 is 17.4 Å². The average Bonchev–Trinajstić information content (AvgIpc) is 2.81. The molecule has 0 unspecified atom stereocenters. The van der Waals surface area contributed by atoms with E-state index in [1.54, 1.807) is 31.4 Å². The largest absolute Gasteiger partial charge is 0.497 e. The molecule has 2 aromatic rings. The molecule has 2 aromatic carbocycles. The molecule has 2 aliphatic rings. The Balaban J connectivity index is 1.37. The van der Waals surface area contributed by atoms with Gasteiger partial charge in [0.2, 0.25) is 5.91 Å². The first-order valence-electron chi connectivity index (χ1n) is 9.94. The topological polar surface area (TPSA) is 84.9 Å². The monoisotopic (exact) mass is 472 g/mol. The van der Waals surface area contributed by atoms with Crippen molar-refractivity contribution >= 4 is 41.1 Å². The molecule has 32 heavy (non-hydrogen) atoms. The highest BCUT2D eigenvalue weighted by atomic mass is 35.5. The van der Waals surface area contributed by atoms with Gasteiger partial charge in [0.15, 0.2) is 0 Å². The van der Waals surface area contributed by atoms with E-state index >= 15 is 0 Å². The van der Waals surface area contributed by atoms with Crippen LogP contribution in [0.3, 0.4) is 0 Å². The van der Waals surface area contributed by atoms with Crippen molar-refractivity contribution in [2.45, 2.75) is 24.4 Å². The van der Waals surface area contributed by atoms with E-state index in [1.807, 2.05) is 30.3 Å². The number of esters is 1. The summed E-state index contributed by atoms with van der Waals surface area (Å²) in [5, 5.41) is 2.64. The second kappa shape index (κ2) is 9.67. The van der Waals surface area contributed by atoms with Gasteiger partial charge in [-0.3, -0.25) is 14.5 Å². The van der Waals surface area contributed by atoms with Gasteiger partial charge in [-0.25, -0.2) is 4.79 Å². The fourth-order valence-corrected chi connectivity index (χ4v) is 5.06. The predicted molar refractivity (Wildman–Crippen MR) is 121 cm³/mol. The average molecular weight is 473 g/mol. The molecule has 1 fully saturated rings. The van der Waals surface area contributed by atoms with Gasteiger partial charge in [-0.05, 0) is 23.3 Å². The van der Waals surface area contributed by atoms with Crippen LogP contribution in [0.2, 0.25) is 0 Å². The van der Waals surface area contributed by atoms with Gasteiger partial charge >= 0.3 is 5.97 Å². The zero-order chi connectivity index (χ0) is 22.7. The van der Waals surface area contributed by atoms with E-state index in [-0.39, 0.29) is 35.6 Å². The number of carbonyl (C=O) groups is 3. The van der Waals surface area contributed by atoms with Crippen LogP contribution in [0.25, 0.3) is 0 Å². The molecule has 2 atom stereocenters. The highest BCUT2D eigenvalue weighted by Crippen LogP contribution is 2.41. The maximum atomic E-state index is 12.8. The molecule has 7 nitrogen and oxygen atoms in total. The number of hydrogen-bond donors (Lipinski definition) is 1. The summed E-state index contributed by atoms with van der Waals surface area (Å²) in [6.07, 6.45) is 0.176. The second-order valence-corrected chi connectivity index (χ2v) is 8.86. The summed E-state index contributed by atoms with van der Waals surface area (Å²) in [4.78, 5) is 39.2. The lowest BCUT2D eigenvalue weighted by Crippen LogP contribution is -2.70. The lowest BCUT2D eigenvalue weighted by molar-refractivity contribution is -0.153. The van der Waals surface area contributed by atoms with Gasteiger partial charge in [0.25, 0.3) is 5.91 Å². The highest BCUT2D eigenvalue weighted by Gasteiger charge is 2.54. The third-order valence-electron chi connectivity index (χ3n) is 5.17. The standard InChI is InChI=1S/C23H21ClN2O5S/c1-30-16-9-7-15(8-10-16)12-31-23(29)20-17(24)13-32-22-19(21(28)26(20)22)25-18(27)11-14-5-3-2-4-6-14/h2-10,19,22H,11-13H2,1H3,(H,25,27)/t19-,22-/m1/s1. The van der Waals surface area contributed by atoms with Crippen LogP contribution in [-0.4, -0.2) is 47.0 Å². The fraction of sp³-hybridized carbons (Fsp3) is 0.261. The number of β-lactam (4-membered cyclic amide) rings is 1. The molecule has 4 rings (SSSR count). The molecule has 0 spiro atoms. The molecule has 0 aromatic heterocycles. The molecule has 0 radical (unpaired) electrons. The van der Waals surface area contributed by atoms with E-state index in [1.165, 1.54) is 16.7 Å². The van der Waals surface area contributed by atoms with Crippen molar-refractivity contribution in [2.24, 2.45) is 0 Å². The maximum Gasteiger partial charge on any atom is 0.356 e. The number of ether oxygens (including phenoxy) is 2. The minimum Gasteiger partial charge on any atom is -0.497 e. The molecule has 2 aliphatic heterocycles. The van der Waals surface area contributed by atoms with Crippen LogP contribution in [0, 0.1) is 0 Å². The third-order valence-corrected chi connectivity index (χ3v) is 6.92. The number of fused-ring (bicyclic) bond motifs is 1. The van der Waals surface area contributed by atoms with Gasteiger partial charge in [0.05, 0.1) is 18.6 Å². The molecule has 1 N–H and O–H groups in total. The van der Waals surface area contributed by atoms with Crippen molar-refractivity contribution in [1.29, 1.82) is 0 Å². The number of halogens is 1. The van der Waals surface area contributed by atoms with Crippen molar-refractivity contribution in [3.8, 4) is 5.75 Å². The van der Waals surface area contributed by atoms with Gasteiger partial charge in [0.1, 0.15) is 29.5 Å². The predicted octanol–water partition coefficient (Wildman–Crippen LogP) is 2.83. The zero-order valence-corrected chi connectivity index (χ0v) is 18.8. The van der Waals surface area contributed by atoms with Crippen molar-refractivity contribution in [3.63, 3.8) is 0 Å². The zero-order valence-electron chi connectivity index (χ0n) is 17.2. The Kier molecular flexibility index (Phi) is 6.72. The third kappa shape index (κ3) is 4.61. The molecule has 0 aliphatic carbocycles. The first kappa shape index (κ1) is 22.2. The number of carbonyl (C=O) groups excluding carboxylic acids is 3. The minimum atomic E-state index is -0.703. The van der Waals surface area contributed by atoms with E-state index in [4.69, 9.17) is 21.1 Å². The summed E-state index contributed by atoms with van der Waals surface area (Å²) in [7, 11) is 1.57. The van der Waals surface area contributed by atoms with Crippen molar-refractivity contribution < 1.29 is 23.9 Å². The van der Waals surface area contributed by atoms with Crippen LogP contribution in [-0.2, 0) is 32.1 Å². The van der Waals surface area contributed by atoms with Crippen molar-refractivity contribution in [1.82, 2.24) is 10.2 Å². The van der Waals surface area contributed by atoms with Gasteiger partial charge in [-0.2, -0.15) is 0 Å². The van der Waals surface area contributed by atoms with Crippen LogP contribution < -0.4 is 10.1 Å². The molecule has 2 amide bonds. The summed E-state index contributed by atoms with van der Waals surface area (Å²) in [5.41, 5.74) is 1.68. The lowest BCUT2D eigenvalue weighted by Gasteiger charge is -2.49. The highest BCUT2D eigenvalue weighted by molar-refractivity contribution is 8.00. The molecule has 0 bridgehead atoms. The minimum absolute atomic E-state index is 0.0353. The smallest absolute Gasteiger partial charge is 0.356 e. The quantitative estimate of drug-likeness (QED) is 0.492. The molecule has 2 heterocycles. The summed E-state index contributed by atoms with van der Waals surface area (Å²) in [5.74, 6) is -0.242. The van der Waals surface area contributed by atoms with Gasteiger partial charge in [0, 0.05) is 5.75 Å². The molecule has 9 heteroatoms. The summed E-state index contributed by atoms with van der Waals surface area (Å²) in [6.45, 7) is 0.0353. The Morgan fingerprint density at radius 1 is 1.12 bits per heavy atom. The van der Waals surface area contributed by atoms with Crippen LogP contribution in [0.4, 0.5) is 0 Å². The number of thioether (sulfide) groups is 1. The SMILES string of the molecule is COc1ccc(COC(=O)C2=C(Cl)CS[C@@H]3[C@H](NC(=O)Cc4ccccc4)C(=O)N23)cc1. The summed E-state index contributed by atoms with van der Waals surface area (Å²) in [6, 6.07) is 15.7. The summed E-state index contributed by atoms with van der Waals surface area (Å²) < 4.78 is 10.5. The number of nitrogens with zero attached hydrogens (tertiary/aromatic N) is 1. The number of hydrogen-bond acceptors (Lipinski definition) is 6. The number of methoxy groups -OCH3 is 1. The van der Waals surface area contributed by atoms with E-state index in [0.29, 0.717) is 11.5 Å². The number of rotatable bonds is 7. The van der Waals surface area contributed by atoms with Crippen LogP contribution >= 0.6 is 23.4 Å². The molecule has 1 saturated heterocycles. The second-order valence-electron chi connectivity index (χ2n) is 7.30. The van der Waals surface area contributed by atoms with Crippen LogP contribution in [0.5, 0.6) is 5.75 Å². The first-order chi connectivity index (χ1) is 15.5. The van der Waals surface area contributed by atoms with E-state index in [2.05, 4.69) is 5.32 Å². The fourth-order valence-electron chi connectivity index (χ4n) is 3.52. The van der Waals surface area contributed by atoms with E-state index in [0.717, 1.165) is 11.1 Å². The molecule has 166 valence electrons. The first-order valence-corrected chi connectivity index (χ1v) is 11.4. The van der Waals surface area contributed by atoms with Crippen LogP contribution in [0.15, 0.2) is 65.3 Å². The van der Waals surface area contributed by atoms with Gasteiger partial charge in [-0.15, -0.1) is 11.8 Å². The lowest BCUT2D eigenvalue weighted by atomic mass is 10.0. The van der Waals surface area contributed by atoms with Crippen molar-refractivity contribution in [2.75, 3.05) is 12.9 Å². The number of benzene rings is 2. The Hall–Kier alpha value is -2.97. The Morgan fingerprint density at radius 2 is 1.84 bits per heavy atom. The normalized spacial score (nSPS) is 19.7. The van der Waals surface area contributed by atoms with Crippen LogP contribution in [0.1, 0.15) is 11.1 Å². The Labute approximate surface area is 194 Å². The molecular weight excluding hydrogens is 452 g/mol. The van der Waals surface area contributed by atoms with Gasteiger partial charge < -0.3 is 14.8 Å².